The Hall–Kier alpha value is -1.35. The van der Waals surface area contributed by atoms with Gasteiger partial charge in [-0.1, -0.05) is 0 Å². The Labute approximate surface area is 113 Å². The fraction of sp³-hybridized carbons (Fsp3) is 0.818. The van der Waals surface area contributed by atoms with E-state index in [9.17, 15) is 13.2 Å². The number of hydrogen-bond acceptors (Lipinski definition) is 6. The average molecular weight is 292 g/mol. The average Bonchev–Trinajstić information content (AvgIpc) is 3.09. The molecule has 2 aliphatic rings. The predicted octanol–water partition coefficient (Wildman–Crippen LogP) is 0.700. The lowest BCUT2D eigenvalue weighted by atomic mass is 9.86. The molecule has 2 fully saturated rings. The van der Waals surface area contributed by atoms with Crippen molar-refractivity contribution in [2.24, 2.45) is 0 Å². The number of anilines is 1. The molecule has 1 aromatic heterocycles. The predicted molar refractivity (Wildman–Crippen MR) is 62.5 cm³/mol. The van der Waals surface area contributed by atoms with Gasteiger partial charge in [0.25, 0.3) is 5.95 Å². The molecule has 1 atom stereocenters. The molecule has 3 rings (SSSR count). The lowest BCUT2D eigenvalue weighted by Gasteiger charge is -2.27. The Morgan fingerprint density at radius 2 is 2.00 bits per heavy atom. The molecule has 0 radical (unpaired) electrons. The summed E-state index contributed by atoms with van der Waals surface area (Å²) >= 11 is 0. The van der Waals surface area contributed by atoms with Gasteiger partial charge in [0, 0.05) is 19.6 Å². The van der Waals surface area contributed by atoms with Crippen molar-refractivity contribution in [1.82, 2.24) is 15.5 Å². The molecule has 0 spiro atoms. The first-order valence-electron chi connectivity index (χ1n) is 6.47. The monoisotopic (exact) mass is 292 g/mol. The molecule has 6 nitrogen and oxygen atoms in total. The Morgan fingerprint density at radius 3 is 2.60 bits per heavy atom. The van der Waals surface area contributed by atoms with E-state index in [-0.39, 0.29) is 31.3 Å². The molecule has 0 aliphatic carbocycles. The van der Waals surface area contributed by atoms with Gasteiger partial charge in [-0.05, 0) is 18.1 Å². The minimum absolute atomic E-state index is 0.0821. The second-order valence-electron chi connectivity index (χ2n) is 5.01. The maximum Gasteiger partial charge on any atom is 0.404 e. The van der Waals surface area contributed by atoms with Crippen molar-refractivity contribution in [3.8, 4) is 0 Å². The standard InChI is InChI=1S/C11H15F3N4O2/c12-11(13,14)10(1-2-15-7-10)8-16-9(17-20-8)18-3-5-19-6-4-18/h15H,1-7H2. The summed E-state index contributed by atoms with van der Waals surface area (Å²) in [4.78, 5) is 5.75. The molecule has 1 unspecified atom stereocenters. The molecule has 0 amide bonds. The summed E-state index contributed by atoms with van der Waals surface area (Å²) in [5.74, 6) is -0.143. The Balaban J connectivity index is 1.87. The van der Waals surface area contributed by atoms with Crippen LogP contribution in [0.3, 0.4) is 0 Å². The van der Waals surface area contributed by atoms with Crippen molar-refractivity contribution in [3.05, 3.63) is 5.89 Å². The molecule has 2 saturated heterocycles. The molecule has 0 aromatic carbocycles. The molecule has 1 N–H and O–H groups in total. The Kier molecular flexibility index (Phi) is 3.33. The van der Waals surface area contributed by atoms with E-state index in [1.165, 1.54) is 0 Å². The fourth-order valence-electron chi connectivity index (χ4n) is 2.54. The molecule has 3 heterocycles. The largest absolute Gasteiger partial charge is 0.404 e. The van der Waals surface area contributed by atoms with Gasteiger partial charge >= 0.3 is 6.18 Å². The number of aromatic nitrogens is 2. The number of alkyl halides is 3. The third kappa shape index (κ3) is 2.14. The maximum absolute atomic E-state index is 13.4. The van der Waals surface area contributed by atoms with Crippen LogP contribution in [0.4, 0.5) is 19.1 Å². The van der Waals surface area contributed by atoms with E-state index in [0.29, 0.717) is 26.3 Å². The molecule has 0 bridgehead atoms. The second-order valence-corrected chi connectivity index (χ2v) is 5.01. The number of halogens is 3. The van der Waals surface area contributed by atoms with Crippen LogP contribution in [0.5, 0.6) is 0 Å². The smallest absolute Gasteiger partial charge is 0.378 e. The van der Waals surface area contributed by atoms with Gasteiger partial charge in [-0.25, -0.2) is 0 Å². The molecular weight excluding hydrogens is 277 g/mol. The van der Waals surface area contributed by atoms with E-state index in [0.717, 1.165) is 0 Å². The number of morpholine rings is 1. The molecule has 0 saturated carbocycles. The third-order valence-electron chi connectivity index (χ3n) is 3.82. The molecular formula is C11H15F3N4O2. The van der Waals surface area contributed by atoms with Crippen LogP contribution in [0.15, 0.2) is 4.52 Å². The SMILES string of the molecule is FC(F)(F)C1(c2nc(N3CCOCC3)no2)CCNC1. The van der Waals surface area contributed by atoms with Crippen LogP contribution in [-0.4, -0.2) is 55.7 Å². The zero-order chi connectivity index (χ0) is 14.2. The van der Waals surface area contributed by atoms with Crippen molar-refractivity contribution in [1.29, 1.82) is 0 Å². The van der Waals surface area contributed by atoms with Crippen LogP contribution < -0.4 is 10.2 Å². The zero-order valence-corrected chi connectivity index (χ0v) is 10.7. The lowest BCUT2D eigenvalue weighted by molar-refractivity contribution is -0.191. The number of nitrogens with one attached hydrogen (secondary N) is 1. The van der Waals surface area contributed by atoms with Crippen LogP contribution in [-0.2, 0) is 10.2 Å². The number of rotatable bonds is 2. The second kappa shape index (κ2) is 4.88. The topological polar surface area (TPSA) is 63.4 Å². The molecule has 112 valence electrons. The van der Waals surface area contributed by atoms with Crippen molar-refractivity contribution in [2.45, 2.75) is 18.0 Å². The fourth-order valence-corrected chi connectivity index (χ4v) is 2.54. The van der Waals surface area contributed by atoms with Gasteiger partial charge < -0.3 is 19.5 Å². The van der Waals surface area contributed by atoms with E-state index in [1.807, 2.05) is 0 Å². The normalized spacial score (nSPS) is 28.1. The van der Waals surface area contributed by atoms with E-state index in [1.54, 1.807) is 4.90 Å². The zero-order valence-electron chi connectivity index (χ0n) is 10.7. The first kappa shape index (κ1) is 13.6. The molecule has 9 heteroatoms. The van der Waals surface area contributed by atoms with E-state index >= 15 is 0 Å². The Bertz CT molecular complexity index is 464. The highest BCUT2D eigenvalue weighted by Crippen LogP contribution is 2.44. The van der Waals surface area contributed by atoms with Crippen LogP contribution in [0, 0.1) is 0 Å². The van der Waals surface area contributed by atoms with E-state index in [2.05, 4.69) is 15.5 Å². The highest BCUT2D eigenvalue weighted by molar-refractivity contribution is 5.30. The van der Waals surface area contributed by atoms with Crippen LogP contribution in [0.1, 0.15) is 12.3 Å². The minimum atomic E-state index is -4.41. The van der Waals surface area contributed by atoms with E-state index in [4.69, 9.17) is 9.26 Å². The highest BCUT2D eigenvalue weighted by Gasteiger charge is 2.61. The molecule has 20 heavy (non-hydrogen) atoms. The first-order valence-corrected chi connectivity index (χ1v) is 6.47. The van der Waals surface area contributed by atoms with Gasteiger partial charge in [0.15, 0.2) is 5.41 Å². The quantitative estimate of drug-likeness (QED) is 0.866. The lowest BCUT2D eigenvalue weighted by Crippen LogP contribution is -2.44. The summed E-state index contributed by atoms with van der Waals surface area (Å²) in [6.07, 6.45) is -4.49. The highest BCUT2D eigenvalue weighted by atomic mass is 19.4. The van der Waals surface area contributed by atoms with Crippen LogP contribution >= 0.6 is 0 Å². The van der Waals surface area contributed by atoms with Gasteiger partial charge in [0.05, 0.1) is 13.2 Å². The minimum Gasteiger partial charge on any atom is -0.378 e. The van der Waals surface area contributed by atoms with Crippen molar-refractivity contribution < 1.29 is 22.4 Å². The summed E-state index contributed by atoms with van der Waals surface area (Å²) in [6.45, 7) is 2.19. The van der Waals surface area contributed by atoms with Crippen LogP contribution in [0.2, 0.25) is 0 Å². The van der Waals surface area contributed by atoms with Crippen molar-refractivity contribution in [2.75, 3.05) is 44.3 Å². The number of hydrogen-bond donors (Lipinski definition) is 1. The van der Waals surface area contributed by atoms with E-state index < -0.39 is 11.6 Å². The van der Waals surface area contributed by atoms with Crippen LogP contribution in [0.25, 0.3) is 0 Å². The third-order valence-corrected chi connectivity index (χ3v) is 3.82. The summed E-state index contributed by atoms with van der Waals surface area (Å²) in [5, 5.41) is 6.43. The van der Waals surface area contributed by atoms with Gasteiger partial charge in [-0.15, -0.1) is 0 Å². The Morgan fingerprint density at radius 1 is 1.25 bits per heavy atom. The van der Waals surface area contributed by atoms with Crippen molar-refractivity contribution >= 4 is 5.95 Å². The maximum atomic E-state index is 13.4. The van der Waals surface area contributed by atoms with Gasteiger partial charge in [0.1, 0.15) is 0 Å². The summed E-state index contributed by atoms with van der Waals surface area (Å²) in [6, 6.07) is 0. The summed E-state index contributed by atoms with van der Waals surface area (Å²) in [5.41, 5.74) is -2.06. The van der Waals surface area contributed by atoms with Crippen molar-refractivity contribution in [3.63, 3.8) is 0 Å². The number of nitrogens with zero attached hydrogens (tertiary/aromatic N) is 3. The van der Waals surface area contributed by atoms with Gasteiger partial charge in [0.2, 0.25) is 5.89 Å². The summed E-state index contributed by atoms with van der Waals surface area (Å²) < 4.78 is 50.2. The summed E-state index contributed by atoms with van der Waals surface area (Å²) in [7, 11) is 0. The number of ether oxygens (including phenoxy) is 1. The molecule has 1 aromatic rings. The molecule has 2 aliphatic heterocycles. The first-order chi connectivity index (χ1) is 9.53. The van der Waals surface area contributed by atoms with Gasteiger partial charge in [-0.2, -0.15) is 18.2 Å². The van der Waals surface area contributed by atoms with Gasteiger partial charge in [-0.3, -0.25) is 0 Å².